The van der Waals surface area contributed by atoms with Crippen LogP contribution in [0.3, 0.4) is 0 Å². The SMILES string of the molecule is COc1ccccc1C=CC(=O)c1ccc(O)c(C(N)=O)c1. The highest BCUT2D eigenvalue weighted by molar-refractivity contribution is 6.08. The molecule has 1 amide bonds. The van der Waals surface area contributed by atoms with E-state index >= 15 is 0 Å². The number of phenols is 1. The van der Waals surface area contributed by atoms with E-state index in [-0.39, 0.29) is 22.7 Å². The molecule has 0 aliphatic carbocycles. The van der Waals surface area contributed by atoms with E-state index in [1.165, 1.54) is 24.3 Å². The predicted molar refractivity (Wildman–Crippen MR) is 83.0 cm³/mol. The second kappa shape index (κ2) is 6.58. The monoisotopic (exact) mass is 297 g/mol. The van der Waals surface area contributed by atoms with Gasteiger partial charge < -0.3 is 15.6 Å². The maximum atomic E-state index is 12.1. The molecule has 3 N–H and O–H groups in total. The molecule has 0 aromatic heterocycles. The molecular formula is C17H15NO4. The van der Waals surface area contributed by atoms with Crippen LogP contribution in [0.5, 0.6) is 11.5 Å². The van der Waals surface area contributed by atoms with Crippen molar-refractivity contribution in [1.29, 1.82) is 0 Å². The van der Waals surface area contributed by atoms with Crippen molar-refractivity contribution in [2.45, 2.75) is 0 Å². The Morgan fingerprint density at radius 1 is 1.18 bits per heavy atom. The summed E-state index contributed by atoms with van der Waals surface area (Å²) in [4.78, 5) is 23.3. The number of hydrogen-bond acceptors (Lipinski definition) is 4. The van der Waals surface area contributed by atoms with Gasteiger partial charge in [-0.2, -0.15) is 0 Å². The summed E-state index contributed by atoms with van der Waals surface area (Å²) in [5.74, 6) is -0.706. The Balaban J connectivity index is 2.27. The molecule has 112 valence electrons. The number of rotatable bonds is 5. The van der Waals surface area contributed by atoms with Gasteiger partial charge in [-0.3, -0.25) is 9.59 Å². The van der Waals surface area contributed by atoms with Gasteiger partial charge in [-0.15, -0.1) is 0 Å². The summed E-state index contributed by atoms with van der Waals surface area (Å²) >= 11 is 0. The van der Waals surface area contributed by atoms with E-state index in [1.54, 1.807) is 19.3 Å². The number of hydrogen-bond donors (Lipinski definition) is 2. The topological polar surface area (TPSA) is 89.6 Å². The second-order valence-electron chi connectivity index (χ2n) is 4.54. The third-order valence-corrected chi connectivity index (χ3v) is 3.10. The smallest absolute Gasteiger partial charge is 0.252 e. The Morgan fingerprint density at radius 2 is 1.91 bits per heavy atom. The Kier molecular flexibility index (Phi) is 4.58. The average molecular weight is 297 g/mol. The Hall–Kier alpha value is -3.08. The average Bonchev–Trinajstić information content (AvgIpc) is 2.53. The predicted octanol–water partition coefficient (Wildman–Crippen LogP) is 2.40. The van der Waals surface area contributed by atoms with Gasteiger partial charge in [-0.1, -0.05) is 18.2 Å². The summed E-state index contributed by atoms with van der Waals surface area (Å²) in [5.41, 5.74) is 6.07. The molecule has 0 saturated heterocycles. The number of primary amides is 1. The Bertz CT molecular complexity index is 750. The molecule has 0 radical (unpaired) electrons. The summed E-state index contributed by atoms with van der Waals surface area (Å²) < 4.78 is 5.19. The van der Waals surface area contributed by atoms with Crippen molar-refractivity contribution in [2.75, 3.05) is 7.11 Å². The van der Waals surface area contributed by atoms with Gasteiger partial charge in [-0.05, 0) is 36.4 Å². The van der Waals surface area contributed by atoms with Crippen LogP contribution in [-0.4, -0.2) is 23.9 Å². The second-order valence-corrected chi connectivity index (χ2v) is 4.54. The van der Waals surface area contributed by atoms with Crippen molar-refractivity contribution in [3.63, 3.8) is 0 Å². The molecule has 5 nitrogen and oxygen atoms in total. The van der Waals surface area contributed by atoms with Crippen LogP contribution in [0.2, 0.25) is 0 Å². The summed E-state index contributed by atoms with van der Waals surface area (Å²) in [5, 5.41) is 9.52. The lowest BCUT2D eigenvalue weighted by Gasteiger charge is -2.04. The van der Waals surface area contributed by atoms with Crippen LogP contribution in [0.4, 0.5) is 0 Å². The first-order valence-corrected chi connectivity index (χ1v) is 6.51. The molecule has 0 saturated carbocycles. The molecule has 0 spiro atoms. The van der Waals surface area contributed by atoms with Crippen molar-refractivity contribution in [3.8, 4) is 11.5 Å². The molecule has 2 aromatic carbocycles. The first kappa shape index (κ1) is 15.3. The highest BCUT2D eigenvalue weighted by atomic mass is 16.5. The third-order valence-electron chi connectivity index (χ3n) is 3.10. The van der Waals surface area contributed by atoms with Crippen molar-refractivity contribution < 1.29 is 19.4 Å². The summed E-state index contributed by atoms with van der Waals surface area (Å²) in [7, 11) is 1.55. The first-order chi connectivity index (χ1) is 10.5. The molecule has 22 heavy (non-hydrogen) atoms. The Labute approximate surface area is 127 Å². The van der Waals surface area contributed by atoms with Gasteiger partial charge in [0.15, 0.2) is 5.78 Å². The molecule has 0 heterocycles. The van der Waals surface area contributed by atoms with Crippen LogP contribution >= 0.6 is 0 Å². The molecule has 0 aliphatic heterocycles. The number of ketones is 1. The fourth-order valence-corrected chi connectivity index (χ4v) is 1.95. The fraction of sp³-hybridized carbons (Fsp3) is 0.0588. The number of para-hydroxylation sites is 1. The van der Waals surface area contributed by atoms with Gasteiger partial charge in [0.25, 0.3) is 5.91 Å². The van der Waals surface area contributed by atoms with Crippen molar-refractivity contribution >= 4 is 17.8 Å². The molecule has 5 heteroatoms. The molecule has 0 bridgehead atoms. The molecule has 2 rings (SSSR count). The quantitative estimate of drug-likeness (QED) is 0.655. The highest BCUT2D eigenvalue weighted by Gasteiger charge is 2.11. The van der Waals surface area contributed by atoms with E-state index in [9.17, 15) is 14.7 Å². The number of allylic oxidation sites excluding steroid dienone is 1. The van der Waals surface area contributed by atoms with Crippen molar-refractivity contribution in [1.82, 2.24) is 0 Å². The molecule has 0 aliphatic rings. The molecule has 0 unspecified atom stereocenters. The molecular weight excluding hydrogens is 282 g/mol. The number of carbonyl (C=O) groups excluding carboxylic acids is 2. The van der Waals surface area contributed by atoms with E-state index in [0.717, 1.165) is 5.56 Å². The number of ether oxygens (including phenoxy) is 1. The molecule has 0 fully saturated rings. The van der Waals surface area contributed by atoms with Crippen molar-refractivity contribution in [2.24, 2.45) is 5.73 Å². The number of methoxy groups -OCH3 is 1. The zero-order chi connectivity index (χ0) is 16.1. The summed E-state index contributed by atoms with van der Waals surface area (Å²) in [6.45, 7) is 0. The van der Waals surface area contributed by atoms with Gasteiger partial charge in [0.05, 0.1) is 12.7 Å². The lowest BCUT2D eigenvalue weighted by atomic mass is 10.0. The number of carbonyl (C=O) groups is 2. The van der Waals surface area contributed by atoms with Crippen LogP contribution in [0.25, 0.3) is 6.08 Å². The number of benzene rings is 2. The van der Waals surface area contributed by atoms with Crippen molar-refractivity contribution in [3.05, 3.63) is 65.2 Å². The number of aromatic hydroxyl groups is 1. The van der Waals surface area contributed by atoms with E-state index in [1.807, 2.05) is 18.2 Å². The fourth-order valence-electron chi connectivity index (χ4n) is 1.95. The van der Waals surface area contributed by atoms with Crippen LogP contribution < -0.4 is 10.5 Å². The van der Waals surface area contributed by atoms with Crippen LogP contribution in [0.1, 0.15) is 26.3 Å². The molecule has 2 aromatic rings. The number of nitrogens with two attached hydrogens (primary N) is 1. The van der Waals surface area contributed by atoms with Gasteiger partial charge in [0.1, 0.15) is 11.5 Å². The minimum atomic E-state index is -0.791. The lowest BCUT2D eigenvalue weighted by Crippen LogP contribution is -2.12. The van der Waals surface area contributed by atoms with Gasteiger partial charge in [-0.25, -0.2) is 0 Å². The van der Waals surface area contributed by atoms with Crippen LogP contribution in [-0.2, 0) is 0 Å². The highest BCUT2D eigenvalue weighted by Crippen LogP contribution is 2.21. The third kappa shape index (κ3) is 3.32. The Morgan fingerprint density at radius 3 is 2.59 bits per heavy atom. The minimum absolute atomic E-state index is 0.0865. The standard InChI is InChI=1S/C17H15NO4/c1-22-16-5-3-2-4-11(16)6-8-14(19)12-7-9-15(20)13(10-12)17(18)21/h2-10,20H,1H3,(H2,18,21). The maximum absolute atomic E-state index is 12.1. The maximum Gasteiger partial charge on any atom is 0.252 e. The van der Waals surface area contributed by atoms with E-state index < -0.39 is 5.91 Å². The summed E-state index contributed by atoms with van der Waals surface area (Å²) in [6, 6.07) is 11.2. The summed E-state index contributed by atoms with van der Waals surface area (Å²) in [6.07, 6.45) is 2.99. The van der Waals surface area contributed by atoms with E-state index in [4.69, 9.17) is 10.5 Å². The van der Waals surface area contributed by atoms with E-state index in [0.29, 0.717) is 5.75 Å². The van der Waals surface area contributed by atoms with Crippen LogP contribution in [0.15, 0.2) is 48.5 Å². The molecule has 0 atom stereocenters. The lowest BCUT2D eigenvalue weighted by molar-refractivity contribution is 0.0997. The first-order valence-electron chi connectivity index (χ1n) is 6.51. The van der Waals surface area contributed by atoms with E-state index in [2.05, 4.69) is 0 Å². The van der Waals surface area contributed by atoms with Gasteiger partial charge >= 0.3 is 0 Å². The minimum Gasteiger partial charge on any atom is -0.507 e. The zero-order valence-electron chi connectivity index (χ0n) is 11.9. The normalized spacial score (nSPS) is 10.6. The van der Waals surface area contributed by atoms with Gasteiger partial charge in [0, 0.05) is 11.1 Å². The zero-order valence-corrected chi connectivity index (χ0v) is 11.9. The number of amides is 1. The van der Waals surface area contributed by atoms with Crippen LogP contribution in [0, 0.1) is 0 Å². The van der Waals surface area contributed by atoms with Gasteiger partial charge in [0.2, 0.25) is 0 Å². The largest absolute Gasteiger partial charge is 0.507 e.